The SMILES string of the molecule is COOC1CCC(OOC)CC1. The molecule has 0 aromatic rings. The van der Waals surface area contributed by atoms with Crippen molar-refractivity contribution in [2.45, 2.75) is 37.9 Å². The summed E-state index contributed by atoms with van der Waals surface area (Å²) in [5.74, 6) is 0. The third-order valence-corrected chi connectivity index (χ3v) is 2.09. The molecule has 0 aromatic heterocycles. The largest absolute Gasteiger partial charge is 0.240 e. The van der Waals surface area contributed by atoms with Gasteiger partial charge in [-0.2, -0.15) is 0 Å². The van der Waals surface area contributed by atoms with Gasteiger partial charge in [-0.1, -0.05) is 0 Å². The summed E-state index contributed by atoms with van der Waals surface area (Å²) in [7, 11) is 3.08. The smallest absolute Gasteiger partial charge is 0.0931 e. The van der Waals surface area contributed by atoms with E-state index in [1.807, 2.05) is 0 Å². The zero-order valence-corrected chi connectivity index (χ0v) is 7.62. The minimum absolute atomic E-state index is 0.228. The predicted octanol–water partition coefficient (Wildman–Crippen LogP) is 1.45. The third-order valence-electron chi connectivity index (χ3n) is 2.09. The molecule has 0 radical (unpaired) electrons. The second kappa shape index (κ2) is 5.48. The van der Waals surface area contributed by atoms with Crippen molar-refractivity contribution < 1.29 is 19.6 Å². The first kappa shape index (κ1) is 9.92. The molecule has 4 heteroatoms. The van der Waals surface area contributed by atoms with Gasteiger partial charge in [0.15, 0.2) is 0 Å². The van der Waals surface area contributed by atoms with Crippen LogP contribution in [0.1, 0.15) is 25.7 Å². The lowest BCUT2D eigenvalue weighted by atomic mass is 9.95. The fraction of sp³-hybridized carbons (Fsp3) is 1.00. The van der Waals surface area contributed by atoms with Crippen LogP contribution in [0.2, 0.25) is 0 Å². The van der Waals surface area contributed by atoms with Crippen LogP contribution in [-0.2, 0) is 19.6 Å². The zero-order chi connectivity index (χ0) is 8.81. The molecule has 4 nitrogen and oxygen atoms in total. The van der Waals surface area contributed by atoms with E-state index in [4.69, 9.17) is 9.78 Å². The summed E-state index contributed by atoms with van der Waals surface area (Å²) in [6.45, 7) is 0. The molecule has 0 unspecified atom stereocenters. The van der Waals surface area contributed by atoms with Crippen LogP contribution >= 0.6 is 0 Å². The van der Waals surface area contributed by atoms with Crippen molar-refractivity contribution in [1.82, 2.24) is 0 Å². The van der Waals surface area contributed by atoms with E-state index in [1.165, 1.54) is 14.2 Å². The van der Waals surface area contributed by atoms with Crippen molar-refractivity contribution in [2.24, 2.45) is 0 Å². The molecule has 1 rings (SSSR count). The fourth-order valence-electron chi connectivity index (χ4n) is 1.50. The fourth-order valence-corrected chi connectivity index (χ4v) is 1.50. The van der Waals surface area contributed by atoms with Crippen molar-refractivity contribution >= 4 is 0 Å². The Morgan fingerprint density at radius 1 is 0.750 bits per heavy atom. The van der Waals surface area contributed by atoms with Crippen molar-refractivity contribution in [3.8, 4) is 0 Å². The summed E-state index contributed by atoms with van der Waals surface area (Å²) in [6.07, 6.45) is 4.35. The van der Waals surface area contributed by atoms with Crippen LogP contribution in [0.5, 0.6) is 0 Å². The second-order valence-electron chi connectivity index (χ2n) is 2.92. The molecule has 1 aliphatic rings. The van der Waals surface area contributed by atoms with E-state index in [0.717, 1.165) is 25.7 Å². The highest BCUT2D eigenvalue weighted by atomic mass is 17.2. The molecule has 0 bridgehead atoms. The summed E-state index contributed by atoms with van der Waals surface area (Å²) in [4.78, 5) is 19.2. The second-order valence-corrected chi connectivity index (χ2v) is 2.92. The standard InChI is InChI=1S/C8H16O4/c1-9-11-7-3-5-8(6-4-7)12-10-2/h7-8H,3-6H2,1-2H3. The molecule has 0 aliphatic heterocycles. The van der Waals surface area contributed by atoms with Crippen LogP contribution < -0.4 is 0 Å². The average Bonchev–Trinajstić information content (AvgIpc) is 2.09. The Kier molecular flexibility index (Phi) is 4.53. The van der Waals surface area contributed by atoms with E-state index in [9.17, 15) is 0 Å². The molecule has 0 saturated heterocycles. The first-order chi connectivity index (χ1) is 5.86. The van der Waals surface area contributed by atoms with Gasteiger partial charge < -0.3 is 0 Å². The lowest BCUT2D eigenvalue weighted by molar-refractivity contribution is -0.333. The average molecular weight is 176 g/mol. The Morgan fingerprint density at radius 2 is 1.08 bits per heavy atom. The lowest BCUT2D eigenvalue weighted by Crippen LogP contribution is -2.26. The van der Waals surface area contributed by atoms with Gasteiger partial charge in [0, 0.05) is 0 Å². The minimum Gasteiger partial charge on any atom is -0.240 e. The molecule has 1 aliphatic carbocycles. The zero-order valence-electron chi connectivity index (χ0n) is 7.62. The Bertz CT molecular complexity index is 95.6. The van der Waals surface area contributed by atoms with Gasteiger partial charge in [0.05, 0.1) is 26.4 Å². The molecule has 0 aromatic carbocycles. The summed E-state index contributed by atoms with van der Waals surface area (Å²) in [6, 6.07) is 0. The van der Waals surface area contributed by atoms with Gasteiger partial charge in [0.1, 0.15) is 0 Å². The maximum absolute atomic E-state index is 5.01. The minimum atomic E-state index is 0.228. The molecule has 72 valence electrons. The highest BCUT2D eigenvalue weighted by Crippen LogP contribution is 2.23. The Morgan fingerprint density at radius 3 is 1.33 bits per heavy atom. The molecule has 1 saturated carbocycles. The Hall–Kier alpha value is -0.160. The summed E-state index contributed by atoms with van der Waals surface area (Å²) in [5, 5.41) is 0. The first-order valence-electron chi connectivity index (χ1n) is 4.25. The molecule has 0 N–H and O–H groups in total. The summed E-state index contributed by atoms with van der Waals surface area (Å²) >= 11 is 0. The molecule has 0 atom stereocenters. The van der Waals surface area contributed by atoms with Crippen molar-refractivity contribution in [2.75, 3.05) is 14.2 Å². The van der Waals surface area contributed by atoms with Gasteiger partial charge in [0.25, 0.3) is 0 Å². The Labute approximate surface area is 72.6 Å². The van der Waals surface area contributed by atoms with Gasteiger partial charge in [-0.3, -0.25) is 0 Å². The number of rotatable bonds is 4. The highest BCUT2D eigenvalue weighted by Gasteiger charge is 2.22. The molecule has 0 amide bonds. The highest BCUT2D eigenvalue weighted by molar-refractivity contribution is 4.71. The maximum Gasteiger partial charge on any atom is 0.0931 e. The Balaban J connectivity index is 2.11. The van der Waals surface area contributed by atoms with Gasteiger partial charge in [-0.15, -0.1) is 0 Å². The molecule has 12 heavy (non-hydrogen) atoms. The topological polar surface area (TPSA) is 36.9 Å². The maximum atomic E-state index is 5.01. The van der Waals surface area contributed by atoms with Gasteiger partial charge in [-0.25, -0.2) is 19.6 Å². The molecule has 0 spiro atoms. The van der Waals surface area contributed by atoms with Crippen LogP contribution in [0.15, 0.2) is 0 Å². The molecular weight excluding hydrogens is 160 g/mol. The summed E-state index contributed by atoms with van der Waals surface area (Å²) in [5.41, 5.74) is 0. The van der Waals surface area contributed by atoms with Gasteiger partial charge in [0.2, 0.25) is 0 Å². The number of hydrogen-bond donors (Lipinski definition) is 0. The van der Waals surface area contributed by atoms with Crippen LogP contribution in [-0.4, -0.2) is 26.4 Å². The number of hydrogen-bond acceptors (Lipinski definition) is 4. The quantitative estimate of drug-likeness (QED) is 0.480. The lowest BCUT2D eigenvalue weighted by Gasteiger charge is -2.25. The van der Waals surface area contributed by atoms with Crippen molar-refractivity contribution in [3.05, 3.63) is 0 Å². The third kappa shape index (κ3) is 3.06. The molecule has 0 heterocycles. The van der Waals surface area contributed by atoms with Crippen LogP contribution in [0.25, 0.3) is 0 Å². The van der Waals surface area contributed by atoms with E-state index >= 15 is 0 Å². The van der Waals surface area contributed by atoms with E-state index in [0.29, 0.717) is 0 Å². The molecular formula is C8H16O4. The monoisotopic (exact) mass is 176 g/mol. The van der Waals surface area contributed by atoms with Crippen LogP contribution in [0.3, 0.4) is 0 Å². The van der Waals surface area contributed by atoms with Crippen molar-refractivity contribution in [1.29, 1.82) is 0 Å². The van der Waals surface area contributed by atoms with E-state index in [-0.39, 0.29) is 12.2 Å². The predicted molar refractivity (Wildman–Crippen MR) is 42.2 cm³/mol. The molecule has 1 fully saturated rings. The van der Waals surface area contributed by atoms with Crippen molar-refractivity contribution in [3.63, 3.8) is 0 Å². The van der Waals surface area contributed by atoms with E-state index in [2.05, 4.69) is 9.78 Å². The van der Waals surface area contributed by atoms with Crippen LogP contribution in [0, 0.1) is 0 Å². The van der Waals surface area contributed by atoms with Gasteiger partial charge >= 0.3 is 0 Å². The first-order valence-corrected chi connectivity index (χ1v) is 4.25. The van der Waals surface area contributed by atoms with Crippen LogP contribution in [0.4, 0.5) is 0 Å². The van der Waals surface area contributed by atoms with E-state index in [1.54, 1.807) is 0 Å². The van der Waals surface area contributed by atoms with Gasteiger partial charge in [-0.05, 0) is 25.7 Å². The summed E-state index contributed by atoms with van der Waals surface area (Å²) < 4.78 is 0. The normalized spacial score (nSPS) is 30.5. The van der Waals surface area contributed by atoms with E-state index < -0.39 is 0 Å².